The summed E-state index contributed by atoms with van der Waals surface area (Å²) in [5.74, 6) is 4.71. The van der Waals surface area contributed by atoms with Gasteiger partial charge in [-0.1, -0.05) is 12.1 Å². The van der Waals surface area contributed by atoms with Crippen LogP contribution >= 0.6 is 0 Å². The third-order valence-corrected chi connectivity index (χ3v) is 6.31. The van der Waals surface area contributed by atoms with Gasteiger partial charge in [0.05, 0.1) is 48.4 Å². The van der Waals surface area contributed by atoms with Gasteiger partial charge in [-0.25, -0.2) is 9.98 Å². The second kappa shape index (κ2) is 12.3. The number of hydrogen-bond acceptors (Lipinski definition) is 8. The number of aromatic nitrogens is 1. The summed E-state index contributed by atoms with van der Waals surface area (Å²) in [5, 5.41) is 1.82. The van der Waals surface area contributed by atoms with Crippen LogP contribution in [0, 0.1) is 0 Å². The third-order valence-electron chi connectivity index (χ3n) is 6.31. The third kappa shape index (κ3) is 6.09. The van der Waals surface area contributed by atoms with E-state index in [1.165, 1.54) is 0 Å². The summed E-state index contributed by atoms with van der Waals surface area (Å²) in [4.78, 5) is 9.55. The molecule has 9 nitrogen and oxygen atoms in total. The zero-order valence-corrected chi connectivity index (χ0v) is 23.0. The first-order valence-electron chi connectivity index (χ1n) is 12.2. The van der Waals surface area contributed by atoms with E-state index in [9.17, 15) is 0 Å². The number of nitrogens with two attached hydrogens (primary N) is 1. The highest BCUT2D eigenvalue weighted by atomic mass is 16.5. The van der Waals surface area contributed by atoms with E-state index < -0.39 is 0 Å². The Kier molecular flexibility index (Phi) is 8.60. The number of amidine groups is 1. The van der Waals surface area contributed by atoms with E-state index in [0.29, 0.717) is 59.0 Å². The molecule has 4 rings (SSSR count). The largest absolute Gasteiger partial charge is 0.493 e. The number of rotatable bonds is 11. The van der Waals surface area contributed by atoms with E-state index in [-0.39, 0.29) is 0 Å². The standard InChI is InChI=1S/C30H33N3O6/c1-34-23-9-7-18(12-25(23)36-3)11-22-21-17-28(39-6)27(38-5)15-20(21)16-30(32-22)33-29(31)14-19-8-10-24(35-2)26(13-19)37-4/h7-10,12-13,15-17H,11,14H2,1-6H3,(H2,31,32,33). The molecule has 0 bridgehead atoms. The lowest BCUT2D eigenvalue weighted by atomic mass is 10.0. The molecular formula is C30H33N3O6. The lowest BCUT2D eigenvalue weighted by molar-refractivity contribution is 0.354. The first kappa shape index (κ1) is 27.4. The van der Waals surface area contributed by atoms with Crippen LogP contribution in [0.15, 0.2) is 59.6 Å². The van der Waals surface area contributed by atoms with Crippen LogP contribution in [-0.4, -0.2) is 53.5 Å². The molecule has 1 heterocycles. The molecule has 9 heteroatoms. The fraction of sp³-hybridized carbons (Fsp3) is 0.267. The highest BCUT2D eigenvalue weighted by Crippen LogP contribution is 2.36. The van der Waals surface area contributed by atoms with Gasteiger partial charge < -0.3 is 34.2 Å². The van der Waals surface area contributed by atoms with Crippen molar-refractivity contribution in [3.05, 3.63) is 71.4 Å². The lowest BCUT2D eigenvalue weighted by Crippen LogP contribution is -2.14. The first-order valence-corrected chi connectivity index (χ1v) is 12.2. The molecule has 2 N–H and O–H groups in total. The van der Waals surface area contributed by atoms with E-state index in [2.05, 4.69) is 4.99 Å². The van der Waals surface area contributed by atoms with Crippen LogP contribution in [0.2, 0.25) is 0 Å². The molecule has 0 fully saturated rings. The van der Waals surface area contributed by atoms with Gasteiger partial charge in [-0.15, -0.1) is 0 Å². The molecule has 0 radical (unpaired) electrons. The molecule has 0 aliphatic carbocycles. The van der Waals surface area contributed by atoms with Crippen LogP contribution in [0.5, 0.6) is 34.5 Å². The molecule has 4 aromatic rings. The Morgan fingerprint density at radius 2 is 1.15 bits per heavy atom. The van der Waals surface area contributed by atoms with Gasteiger partial charge in [0.25, 0.3) is 0 Å². The number of nitrogens with zero attached hydrogens (tertiary/aromatic N) is 2. The Hall–Kier alpha value is -4.66. The minimum absolute atomic E-state index is 0.409. The van der Waals surface area contributed by atoms with Gasteiger partial charge >= 0.3 is 0 Å². The topological polar surface area (TPSA) is 107 Å². The van der Waals surface area contributed by atoms with Crippen molar-refractivity contribution in [2.75, 3.05) is 42.7 Å². The zero-order chi connectivity index (χ0) is 27.9. The summed E-state index contributed by atoms with van der Waals surface area (Å²) < 4.78 is 32.7. The van der Waals surface area contributed by atoms with Gasteiger partial charge in [0.2, 0.25) is 0 Å². The van der Waals surface area contributed by atoms with Crippen LogP contribution in [0.1, 0.15) is 16.8 Å². The molecule has 0 unspecified atom stereocenters. The van der Waals surface area contributed by atoms with Gasteiger partial charge in [-0.3, -0.25) is 0 Å². The van der Waals surface area contributed by atoms with Gasteiger partial charge in [-0.05, 0) is 59.0 Å². The predicted molar refractivity (Wildman–Crippen MR) is 152 cm³/mol. The second-order valence-corrected chi connectivity index (χ2v) is 8.69. The minimum atomic E-state index is 0.409. The Bertz CT molecular complexity index is 1500. The average molecular weight is 532 g/mol. The van der Waals surface area contributed by atoms with Crippen LogP contribution in [0.25, 0.3) is 10.8 Å². The molecule has 204 valence electrons. The zero-order valence-electron chi connectivity index (χ0n) is 23.0. The van der Waals surface area contributed by atoms with Crippen molar-refractivity contribution in [1.29, 1.82) is 0 Å². The number of benzene rings is 3. The summed E-state index contributed by atoms with van der Waals surface area (Å²) in [6.07, 6.45) is 0.933. The first-order chi connectivity index (χ1) is 18.9. The molecule has 0 spiro atoms. The summed E-state index contributed by atoms with van der Waals surface area (Å²) in [6.45, 7) is 0. The molecule has 3 aromatic carbocycles. The molecule has 0 aliphatic rings. The minimum Gasteiger partial charge on any atom is -0.493 e. The molecule has 1 aromatic heterocycles. The highest BCUT2D eigenvalue weighted by Gasteiger charge is 2.14. The van der Waals surface area contributed by atoms with Crippen LogP contribution in [0.4, 0.5) is 5.82 Å². The van der Waals surface area contributed by atoms with Crippen molar-refractivity contribution in [1.82, 2.24) is 4.98 Å². The molecule has 0 aliphatic heterocycles. The predicted octanol–water partition coefficient (Wildman–Crippen LogP) is 5.11. The summed E-state index contributed by atoms with van der Waals surface area (Å²) in [7, 11) is 9.64. The number of fused-ring (bicyclic) bond motifs is 1. The van der Waals surface area contributed by atoms with Crippen molar-refractivity contribution < 1.29 is 28.4 Å². The van der Waals surface area contributed by atoms with Crippen LogP contribution in [-0.2, 0) is 12.8 Å². The number of pyridine rings is 1. The maximum atomic E-state index is 6.38. The fourth-order valence-electron chi connectivity index (χ4n) is 4.40. The van der Waals surface area contributed by atoms with Crippen molar-refractivity contribution in [2.24, 2.45) is 10.7 Å². The highest BCUT2D eigenvalue weighted by molar-refractivity contribution is 5.91. The Balaban J connectivity index is 1.76. The summed E-state index contributed by atoms with van der Waals surface area (Å²) in [6, 6.07) is 17.2. The second-order valence-electron chi connectivity index (χ2n) is 8.69. The van der Waals surface area contributed by atoms with E-state index in [1.807, 2.05) is 54.6 Å². The van der Waals surface area contributed by atoms with Crippen molar-refractivity contribution in [3.63, 3.8) is 0 Å². The molecule has 0 saturated heterocycles. The maximum absolute atomic E-state index is 6.38. The van der Waals surface area contributed by atoms with E-state index in [4.69, 9.17) is 39.1 Å². The lowest BCUT2D eigenvalue weighted by Gasteiger charge is -2.14. The molecular weight excluding hydrogens is 498 g/mol. The average Bonchev–Trinajstić information content (AvgIpc) is 2.96. The number of ether oxygens (including phenoxy) is 6. The Morgan fingerprint density at radius 1 is 0.641 bits per heavy atom. The number of methoxy groups -OCH3 is 6. The van der Waals surface area contributed by atoms with E-state index in [0.717, 1.165) is 27.6 Å². The van der Waals surface area contributed by atoms with Crippen molar-refractivity contribution >= 4 is 22.4 Å². The smallest absolute Gasteiger partial charge is 0.161 e. The van der Waals surface area contributed by atoms with Gasteiger partial charge in [0.15, 0.2) is 40.3 Å². The normalized spacial score (nSPS) is 11.3. The SMILES string of the molecule is COc1ccc(C/C(N)=N/c2cc3cc(OC)c(OC)cc3c(Cc3ccc(OC)c(OC)c3)n2)cc1OC. The monoisotopic (exact) mass is 531 g/mol. The maximum Gasteiger partial charge on any atom is 0.161 e. The van der Waals surface area contributed by atoms with Crippen LogP contribution < -0.4 is 34.2 Å². The van der Waals surface area contributed by atoms with Crippen LogP contribution in [0.3, 0.4) is 0 Å². The fourth-order valence-corrected chi connectivity index (χ4v) is 4.40. The molecule has 39 heavy (non-hydrogen) atoms. The Labute approximate surface area is 228 Å². The summed E-state index contributed by atoms with van der Waals surface area (Å²) >= 11 is 0. The molecule has 0 saturated carbocycles. The van der Waals surface area contributed by atoms with Gasteiger partial charge in [0.1, 0.15) is 5.84 Å². The molecule has 0 amide bonds. The molecule has 0 atom stereocenters. The van der Waals surface area contributed by atoms with Gasteiger partial charge in [0, 0.05) is 18.2 Å². The summed E-state index contributed by atoms with van der Waals surface area (Å²) in [5.41, 5.74) is 9.12. The quantitative estimate of drug-likeness (QED) is 0.210. The van der Waals surface area contributed by atoms with Gasteiger partial charge in [-0.2, -0.15) is 0 Å². The van der Waals surface area contributed by atoms with Crippen molar-refractivity contribution in [2.45, 2.75) is 12.8 Å². The Morgan fingerprint density at radius 3 is 1.74 bits per heavy atom. The number of aliphatic imine (C=N–C) groups is 1. The van der Waals surface area contributed by atoms with E-state index >= 15 is 0 Å². The van der Waals surface area contributed by atoms with Crippen molar-refractivity contribution in [3.8, 4) is 34.5 Å². The number of hydrogen-bond donors (Lipinski definition) is 1. The van der Waals surface area contributed by atoms with E-state index in [1.54, 1.807) is 42.7 Å².